The molecule has 0 atom stereocenters. The molecule has 1 aliphatic carbocycles. The number of benzene rings is 2. The second kappa shape index (κ2) is 7.78. The van der Waals surface area contributed by atoms with Crippen molar-refractivity contribution in [2.45, 2.75) is 60.0 Å². The molecule has 0 bridgehead atoms. The third-order valence-electron chi connectivity index (χ3n) is 5.59. The van der Waals surface area contributed by atoms with Gasteiger partial charge >= 0.3 is 0 Å². The van der Waals surface area contributed by atoms with E-state index in [2.05, 4.69) is 17.4 Å². The molecule has 3 rings (SSSR count). The van der Waals surface area contributed by atoms with E-state index in [4.69, 9.17) is 0 Å². The Bertz CT molecular complexity index is 860. The average molecular weight is 379 g/mol. The molecule has 1 N–H and O–H groups in total. The van der Waals surface area contributed by atoms with Crippen molar-refractivity contribution in [1.29, 1.82) is 0 Å². The van der Waals surface area contributed by atoms with Crippen LogP contribution in [0.4, 0.5) is 5.69 Å². The van der Waals surface area contributed by atoms with Crippen LogP contribution in [-0.4, -0.2) is 22.8 Å². The summed E-state index contributed by atoms with van der Waals surface area (Å²) in [6.45, 7) is 10.6. The lowest BCUT2D eigenvalue weighted by molar-refractivity contribution is -0.144. The molecule has 2 aromatic rings. The van der Waals surface area contributed by atoms with Gasteiger partial charge in [-0.25, -0.2) is 0 Å². The van der Waals surface area contributed by atoms with Crippen LogP contribution in [0.5, 0.6) is 0 Å². The molecular weight excluding hydrogens is 348 g/mol. The molecule has 0 heterocycles. The summed E-state index contributed by atoms with van der Waals surface area (Å²) in [6, 6.07) is 14.1. The Balaban J connectivity index is 1.81. The van der Waals surface area contributed by atoms with Crippen LogP contribution in [0.2, 0.25) is 0 Å². The van der Waals surface area contributed by atoms with Crippen LogP contribution in [0, 0.1) is 26.2 Å². The topological polar surface area (TPSA) is 49.4 Å². The van der Waals surface area contributed by atoms with Crippen molar-refractivity contribution in [3.63, 3.8) is 0 Å². The number of rotatable bonds is 6. The van der Waals surface area contributed by atoms with Gasteiger partial charge in [0.05, 0.1) is 0 Å². The van der Waals surface area contributed by atoms with E-state index in [1.807, 2.05) is 69.9 Å². The van der Waals surface area contributed by atoms with Crippen molar-refractivity contribution in [3.05, 3.63) is 64.7 Å². The van der Waals surface area contributed by atoms with Crippen molar-refractivity contribution < 1.29 is 9.59 Å². The first-order valence-electron chi connectivity index (χ1n) is 9.99. The number of amides is 2. The minimum Gasteiger partial charge on any atom is -0.335 e. The first-order chi connectivity index (χ1) is 13.2. The summed E-state index contributed by atoms with van der Waals surface area (Å²) >= 11 is 0. The molecule has 2 amide bonds. The molecule has 1 saturated carbocycles. The molecule has 28 heavy (non-hydrogen) atoms. The molecular formula is C24H30N2O2. The van der Waals surface area contributed by atoms with E-state index in [9.17, 15) is 9.59 Å². The minimum absolute atomic E-state index is 0.0285. The van der Waals surface area contributed by atoms with E-state index in [0.717, 1.165) is 22.4 Å². The van der Waals surface area contributed by atoms with Crippen LogP contribution in [0.25, 0.3) is 0 Å². The predicted molar refractivity (Wildman–Crippen MR) is 113 cm³/mol. The highest BCUT2D eigenvalue weighted by Crippen LogP contribution is 2.49. The van der Waals surface area contributed by atoms with E-state index >= 15 is 0 Å². The van der Waals surface area contributed by atoms with Gasteiger partial charge in [0.15, 0.2) is 0 Å². The third-order valence-corrected chi connectivity index (χ3v) is 5.59. The van der Waals surface area contributed by atoms with Gasteiger partial charge in [-0.3, -0.25) is 9.59 Å². The highest BCUT2D eigenvalue weighted by molar-refractivity contribution is 6.13. The zero-order valence-electron chi connectivity index (χ0n) is 17.5. The third kappa shape index (κ3) is 3.96. The highest BCUT2D eigenvalue weighted by Gasteiger charge is 2.58. The second-order valence-corrected chi connectivity index (χ2v) is 8.32. The van der Waals surface area contributed by atoms with Crippen LogP contribution >= 0.6 is 0 Å². The fourth-order valence-electron chi connectivity index (χ4n) is 3.82. The van der Waals surface area contributed by atoms with E-state index in [1.54, 1.807) is 0 Å². The summed E-state index contributed by atoms with van der Waals surface area (Å²) < 4.78 is 0. The summed E-state index contributed by atoms with van der Waals surface area (Å²) in [7, 11) is 0. The van der Waals surface area contributed by atoms with Gasteiger partial charge in [0.2, 0.25) is 11.8 Å². The Labute approximate surface area is 167 Å². The largest absolute Gasteiger partial charge is 0.335 e. The highest BCUT2D eigenvalue weighted by atomic mass is 16.2. The molecule has 148 valence electrons. The molecule has 0 aromatic heterocycles. The normalized spacial score (nSPS) is 14.6. The lowest BCUT2D eigenvalue weighted by atomic mass is 10.00. The molecule has 0 aliphatic heterocycles. The summed E-state index contributed by atoms with van der Waals surface area (Å²) in [4.78, 5) is 28.4. The van der Waals surface area contributed by atoms with Crippen LogP contribution in [0.15, 0.2) is 42.5 Å². The Kier molecular flexibility index (Phi) is 5.59. The van der Waals surface area contributed by atoms with E-state index in [0.29, 0.717) is 19.4 Å². The first-order valence-corrected chi connectivity index (χ1v) is 9.99. The number of aryl methyl sites for hydroxylation is 3. The molecule has 0 spiro atoms. The number of hydrogen-bond acceptors (Lipinski definition) is 2. The fraction of sp³-hybridized carbons (Fsp3) is 0.417. The van der Waals surface area contributed by atoms with Gasteiger partial charge < -0.3 is 10.2 Å². The zero-order valence-corrected chi connectivity index (χ0v) is 17.5. The van der Waals surface area contributed by atoms with Gasteiger partial charge in [-0.05, 0) is 64.2 Å². The number of carbonyl (C=O) groups excluding carboxylic acids is 2. The molecule has 0 radical (unpaired) electrons. The quantitative estimate of drug-likeness (QED) is 0.736. The van der Waals surface area contributed by atoms with Crippen molar-refractivity contribution in [1.82, 2.24) is 4.90 Å². The Morgan fingerprint density at radius 1 is 1.04 bits per heavy atom. The SMILES string of the molecule is Cc1cc(C)c(NC(=O)C2(C(=O)N(Cc3ccccc3)C(C)C)CC2)c(C)c1. The molecule has 0 unspecified atom stereocenters. The van der Waals surface area contributed by atoms with Crippen molar-refractivity contribution >= 4 is 17.5 Å². The maximum atomic E-state index is 13.4. The maximum absolute atomic E-state index is 13.4. The van der Waals surface area contributed by atoms with Gasteiger partial charge in [-0.1, -0.05) is 48.0 Å². The fourth-order valence-corrected chi connectivity index (χ4v) is 3.82. The van der Waals surface area contributed by atoms with Gasteiger partial charge in [0, 0.05) is 18.3 Å². The summed E-state index contributed by atoms with van der Waals surface area (Å²) in [5.41, 5.74) is 4.19. The van der Waals surface area contributed by atoms with Crippen molar-refractivity contribution in [3.8, 4) is 0 Å². The Morgan fingerprint density at radius 2 is 1.61 bits per heavy atom. The number of nitrogens with one attached hydrogen (secondary N) is 1. The van der Waals surface area contributed by atoms with E-state index < -0.39 is 5.41 Å². The van der Waals surface area contributed by atoms with Crippen LogP contribution in [0.1, 0.15) is 48.9 Å². The molecule has 2 aromatic carbocycles. The summed E-state index contributed by atoms with van der Waals surface area (Å²) in [5.74, 6) is -0.238. The van der Waals surface area contributed by atoms with Crippen LogP contribution in [0.3, 0.4) is 0 Å². The number of anilines is 1. The average Bonchev–Trinajstić information content (AvgIpc) is 3.44. The van der Waals surface area contributed by atoms with Crippen LogP contribution < -0.4 is 5.32 Å². The van der Waals surface area contributed by atoms with E-state index in [-0.39, 0.29) is 17.9 Å². The molecule has 0 saturated heterocycles. The minimum atomic E-state index is -0.928. The van der Waals surface area contributed by atoms with Crippen molar-refractivity contribution in [2.24, 2.45) is 5.41 Å². The standard InChI is InChI=1S/C24H30N2O2/c1-16(2)26(15-20-9-7-6-8-10-20)23(28)24(11-12-24)22(27)25-21-18(4)13-17(3)14-19(21)5/h6-10,13-14,16H,11-12,15H2,1-5H3,(H,25,27). The van der Waals surface area contributed by atoms with Crippen LogP contribution in [-0.2, 0) is 16.1 Å². The lowest BCUT2D eigenvalue weighted by Crippen LogP contribution is -2.45. The molecule has 1 aliphatic rings. The van der Waals surface area contributed by atoms with Gasteiger partial charge in [0.25, 0.3) is 0 Å². The van der Waals surface area contributed by atoms with Gasteiger partial charge in [-0.2, -0.15) is 0 Å². The second-order valence-electron chi connectivity index (χ2n) is 8.32. The summed E-state index contributed by atoms with van der Waals surface area (Å²) in [5, 5.41) is 3.06. The molecule has 4 nitrogen and oxygen atoms in total. The lowest BCUT2D eigenvalue weighted by Gasteiger charge is -2.30. The summed E-state index contributed by atoms with van der Waals surface area (Å²) in [6.07, 6.45) is 1.22. The number of nitrogens with zero attached hydrogens (tertiary/aromatic N) is 1. The van der Waals surface area contributed by atoms with Gasteiger partial charge in [0.1, 0.15) is 5.41 Å². The van der Waals surface area contributed by atoms with Crippen molar-refractivity contribution in [2.75, 3.05) is 5.32 Å². The monoisotopic (exact) mass is 378 g/mol. The van der Waals surface area contributed by atoms with E-state index in [1.165, 1.54) is 5.56 Å². The van der Waals surface area contributed by atoms with Gasteiger partial charge in [-0.15, -0.1) is 0 Å². The zero-order chi connectivity index (χ0) is 20.5. The number of carbonyl (C=O) groups is 2. The first kappa shape index (κ1) is 20.1. The maximum Gasteiger partial charge on any atom is 0.240 e. The molecule has 1 fully saturated rings. The molecule has 4 heteroatoms. The number of hydrogen-bond donors (Lipinski definition) is 1. The smallest absolute Gasteiger partial charge is 0.240 e. The Morgan fingerprint density at radius 3 is 2.11 bits per heavy atom. The Hall–Kier alpha value is -2.62. The predicted octanol–water partition coefficient (Wildman–Crippen LogP) is 4.77.